The maximum atomic E-state index is 12.4. The molecule has 0 saturated carbocycles. The van der Waals surface area contributed by atoms with Gasteiger partial charge in [-0.1, -0.05) is 18.2 Å². The van der Waals surface area contributed by atoms with Crippen LogP contribution in [-0.2, 0) is 11.3 Å². The molecule has 2 atom stereocenters. The standard InChI is InChI=1S/C18H20N2O4/c21-11-13-4-6-14(7-5-13)18(22)20-15-8-10-23-12-16(15)24-17-3-1-2-9-19-17/h1-7,9,15-16,21H,8,10-12H2,(H,20,22)/t15-,16-/m1/s1. The number of aliphatic hydroxyl groups is 1. The molecular weight excluding hydrogens is 308 g/mol. The van der Waals surface area contributed by atoms with Crippen molar-refractivity contribution in [2.45, 2.75) is 25.2 Å². The van der Waals surface area contributed by atoms with Gasteiger partial charge in [-0.25, -0.2) is 4.98 Å². The lowest BCUT2D eigenvalue weighted by Crippen LogP contribution is -2.51. The van der Waals surface area contributed by atoms with Crippen LogP contribution < -0.4 is 10.1 Å². The summed E-state index contributed by atoms with van der Waals surface area (Å²) in [5.41, 5.74) is 1.32. The van der Waals surface area contributed by atoms with Crippen molar-refractivity contribution in [3.8, 4) is 5.88 Å². The van der Waals surface area contributed by atoms with Crippen molar-refractivity contribution in [3.05, 3.63) is 59.8 Å². The minimum atomic E-state index is -0.283. The molecule has 126 valence electrons. The van der Waals surface area contributed by atoms with E-state index in [0.29, 0.717) is 31.1 Å². The zero-order chi connectivity index (χ0) is 16.8. The molecule has 6 nitrogen and oxygen atoms in total. The van der Waals surface area contributed by atoms with Crippen LogP contribution >= 0.6 is 0 Å². The van der Waals surface area contributed by atoms with Crippen LogP contribution in [0.2, 0.25) is 0 Å². The fraction of sp³-hybridized carbons (Fsp3) is 0.333. The number of aromatic nitrogens is 1. The van der Waals surface area contributed by atoms with Gasteiger partial charge in [0, 0.05) is 24.4 Å². The predicted molar refractivity (Wildman–Crippen MR) is 87.7 cm³/mol. The Hall–Kier alpha value is -2.44. The van der Waals surface area contributed by atoms with E-state index in [1.54, 1.807) is 36.5 Å². The average Bonchev–Trinajstić information content (AvgIpc) is 2.64. The number of hydrogen-bond acceptors (Lipinski definition) is 5. The maximum Gasteiger partial charge on any atom is 0.251 e. The van der Waals surface area contributed by atoms with Crippen molar-refractivity contribution in [3.63, 3.8) is 0 Å². The molecule has 1 aromatic heterocycles. The van der Waals surface area contributed by atoms with Crippen molar-refractivity contribution in [2.24, 2.45) is 0 Å². The van der Waals surface area contributed by atoms with Gasteiger partial charge in [0.15, 0.2) is 0 Å². The molecule has 0 bridgehead atoms. The van der Waals surface area contributed by atoms with E-state index in [0.717, 1.165) is 5.56 Å². The van der Waals surface area contributed by atoms with Gasteiger partial charge in [-0.05, 0) is 30.2 Å². The highest BCUT2D eigenvalue weighted by Crippen LogP contribution is 2.16. The normalized spacial score (nSPS) is 20.4. The zero-order valence-electron chi connectivity index (χ0n) is 13.2. The van der Waals surface area contributed by atoms with Crippen LogP contribution in [0.1, 0.15) is 22.3 Å². The summed E-state index contributed by atoms with van der Waals surface area (Å²) in [7, 11) is 0. The van der Waals surface area contributed by atoms with E-state index in [1.165, 1.54) is 0 Å². The number of benzene rings is 1. The van der Waals surface area contributed by atoms with Crippen LogP contribution in [0.3, 0.4) is 0 Å². The van der Waals surface area contributed by atoms with Crippen LogP contribution in [0.5, 0.6) is 5.88 Å². The molecule has 2 N–H and O–H groups in total. The molecule has 3 rings (SSSR count). The second-order valence-electron chi connectivity index (χ2n) is 5.62. The van der Waals surface area contributed by atoms with Gasteiger partial charge in [-0.15, -0.1) is 0 Å². The highest BCUT2D eigenvalue weighted by Gasteiger charge is 2.29. The number of ether oxygens (including phenoxy) is 2. The van der Waals surface area contributed by atoms with Crippen molar-refractivity contribution >= 4 is 5.91 Å². The number of pyridine rings is 1. The topological polar surface area (TPSA) is 80.7 Å². The van der Waals surface area contributed by atoms with E-state index in [4.69, 9.17) is 14.6 Å². The monoisotopic (exact) mass is 328 g/mol. The number of nitrogens with zero attached hydrogens (tertiary/aromatic N) is 1. The van der Waals surface area contributed by atoms with Crippen molar-refractivity contribution < 1.29 is 19.4 Å². The highest BCUT2D eigenvalue weighted by molar-refractivity contribution is 5.94. The first-order valence-electron chi connectivity index (χ1n) is 7.92. The maximum absolute atomic E-state index is 12.4. The summed E-state index contributed by atoms with van der Waals surface area (Å²) in [6, 6.07) is 12.2. The van der Waals surface area contributed by atoms with Gasteiger partial charge in [0.05, 0.1) is 19.3 Å². The number of carbonyl (C=O) groups excluding carboxylic acids is 1. The molecular formula is C18H20N2O4. The van der Waals surface area contributed by atoms with Crippen LogP contribution in [0.15, 0.2) is 48.7 Å². The Labute approximate surface area is 140 Å². The van der Waals surface area contributed by atoms with Crippen LogP contribution in [0.4, 0.5) is 0 Å². The Bertz CT molecular complexity index is 660. The Morgan fingerprint density at radius 2 is 2.12 bits per heavy atom. The Morgan fingerprint density at radius 1 is 1.29 bits per heavy atom. The number of nitrogens with one attached hydrogen (secondary N) is 1. The van der Waals surface area contributed by atoms with E-state index >= 15 is 0 Å². The van der Waals surface area contributed by atoms with Gasteiger partial charge in [-0.3, -0.25) is 4.79 Å². The molecule has 0 aliphatic carbocycles. The summed E-state index contributed by atoms with van der Waals surface area (Å²) in [5, 5.41) is 12.1. The molecule has 2 heterocycles. The van der Waals surface area contributed by atoms with E-state index in [2.05, 4.69) is 10.3 Å². The smallest absolute Gasteiger partial charge is 0.251 e. The van der Waals surface area contributed by atoms with Gasteiger partial charge < -0.3 is 19.9 Å². The quantitative estimate of drug-likeness (QED) is 0.870. The molecule has 1 fully saturated rings. The molecule has 0 unspecified atom stereocenters. The molecule has 24 heavy (non-hydrogen) atoms. The summed E-state index contributed by atoms with van der Waals surface area (Å²) < 4.78 is 11.3. The molecule has 1 aliphatic rings. The number of hydrogen-bond donors (Lipinski definition) is 2. The summed E-state index contributed by atoms with van der Waals surface area (Å²) in [4.78, 5) is 16.6. The lowest BCUT2D eigenvalue weighted by atomic mass is 10.0. The molecule has 1 aromatic carbocycles. The van der Waals surface area contributed by atoms with Gasteiger partial charge in [-0.2, -0.15) is 0 Å². The predicted octanol–water partition coefficient (Wildman–Crippen LogP) is 1.54. The first-order valence-corrected chi connectivity index (χ1v) is 7.92. The summed E-state index contributed by atoms with van der Waals surface area (Å²) in [6.07, 6.45) is 2.06. The van der Waals surface area contributed by atoms with E-state index in [1.807, 2.05) is 12.1 Å². The lowest BCUT2D eigenvalue weighted by Gasteiger charge is -2.32. The molecule has 1 aliphatic heterocycles. The van der Waals surface area contributed by atoms with Gasteiger partial charge in [0.2, 0.25) is 5.88 Å². The number of rotatable bonds is 5. The van der Waals surface area contributed by atoms with E-state index < -0.39 is 0 Å². The molecule has 0 spiro atoms. The average molecular weight is 328 g/mol. The Kier molecular flexibility index (Phi) is 5.40. The van der Waals surface area contributed by atoms with Gasteiger partial charge in [0.25, 0.3) is 5.91 Å². The minimum Gasteiger partial charge on any atom is -0.470 e. The van der Waals surface area contributed by atoms with E-state index in [9.17, 15) is 4.79 Å². The summed E-state index contributed by atoms with van der Waals surface area (Å²) in [6.45, 7) is 0.948. The van der Waals surface area contributed by atoms with E-state index in [-0.39, 0.29) is 24.7 Å². The van der Waals surface area contributed by atoms with Crippen molar-refractivity contribution in [2.75, 3.05) is 13.2 Å². The molecule has 6 heteroatoms. The van der Waals surface area contributed by atoms with Crippen molar-refractivity contribution in [1.29, 1.82) is 0 Å². The molecule has 2 aromatic rings. The third kappa shape index (κ3) is 4.10. The molecule has 0 radical (unpaired) electrons. The number of aliphatic hydroxyl groups excluding tert-OH is 1. The third-order valence-electron chi connectivity index (χ3n) is 3.93. The first kappa shape index (κ1) is 16.4. The SMILES string of the molecule is O=C(N[C@@H]1CCOC[C@H]1Oc1ccccn1)c1ccc(CO)cc1. The third-order valence-corrected chi connectivity index (χ3v) is 3.93. The Balaban J connectivity index is 1.65. The van der Waals surface area contributed by atoms with Crippen LogP contribution in [0.25, 0.3) is 0 Å². The lowest BCUT2D eigenvalue weighted by molar-refractivity contribution is -0.0152. The van der Waals surface area contributed by atoms with Crippen LogP contribution in [0, 0.1) is 0 Å². The largest absolute Gasteiger partial charge is 0.470 e. The highest BCUT2D eigenvalue weighted by atomic mass is 16.5. The first-order chi connectivity index (χ1) is 11.8. The summed E-state index contributed by atoms with van der Waals surface area (Å²) >= 11 is 0. The minimum absolute atomic E-state index is 0.0398. The number of amides is 1. The second-order valence-corrected chi connectivity index (χ2v) is 5.62. The Morgan fingerprint density at radius 3 is 2.83 bits per heavy atom. The van der Waals surface area contributed by atoms with Gasteiger partial charge in [0.1, 0.15) is 6.10 Å². The zero-order valence-corrected chi connectivity index (χ0v) is 13.2. The second kappa shape index (κ2) is 7.90. The van der Waals surface area contributed by atoms with Crippen molar-refractivity contribution in [1.82, 2.24) is 10.3 Å². The summed E-state index contributed by atoms with van der Waals surface area (Å²) in [5.74, 6) is 0.348. The fourth-order valence-corrected chi connectivity index (χ4v) is 2.58. The molecule has 1 amide bonds. The van der Waals surface area contributed by atoms with Gasteiger partial charge >= 0.3 is 0 Å². The number of carbonyl (C=O) groups is 1. The molecule has 1 saturated heterocycles. The fourth-order valence-electron chi connectivity index (χ4n) is 2.58. The van der Waals surface area contributed by atoms with Crippen LogP contribution in [-0.4, -0.2) is 41.4 Å².